The number of rotatable bonds is 9. The molecule has 0 radical (unpaired) electrons. The van der Waals surface area contributed by atoms with Gasteiger partial charge in [-0.3, -0.25) is 14.4 Å². The Kier molecular flexibility index (Phi) is 6.19. The number of hydrogen-bond acceptors (Lipinski definition) is 6. The maximum Gasteiger partial charge on any atom is 0.323 e. The van der Waals surface area contributed by atoms with Gasteiger partial charge < -0.3 is 30.3 Å². The van der Waals surface area contributed by atoms with Crippen LogP contribution in [0.1, 0.15) is 5.56 Å². The van der Waals surface area contributed by atoms with Crippen LogP contribution in [0, 0.1) is 6.92 Å². The first-order valence-electron chi connectivity index (χ1n) is 6.57. The molecule has 0 aromatic heterocycles. The molecule has 0 fully saturated rings. The van der Waals surface area contributed by atoms with Crippen molar-refractivity contribution in [3.8, 4) is 5.75 Å². The Morgan fingerprint density at radius 1 is 1.09 bits per heavy atom. The first-order valence-corrected chi connectivity index (χ1v) is 6.57. The van der Waals surface area contributed by atoms with E-state index >= 15 is 0 Å². The molecule has 23 heavy (non-hydrogen) atoms. The van der Waals surface area contributed by atoms with Gasteiger partial charge in [-0.1, -0.05) is 0 Å². The highest BCUT2D eigenvalue weighted by Gasteiger charge is 2.21. The lowest BCUT2D eigenvalue weighted by Gasteiger charge is -2.25. The van der Waals surface area contributed by atoms with Crippen LogP contribution in [-0.4, -0.2) is 60.0 Å². The standard InChI is InChI=1S/C14H18N2O7/c1-8-3-9(15-5-11(17)18)14(23-2)10(4-8)16(6-12(19)20)7-13(21)22/h3-4,15H,5-7H2,1-2H3,(H,17,18)(H,19,20)(H,21,22). The molecule has 1 aromatic carbocycles. The Balaban J connectivity index is 3.31. The summed E-state index contributed by atoms with van der Waals surface area (Å²) in [7, 11) is 1.33. The molecule has 4 N–H and O–H groups in total. The van der Waals surface area contributed by atoms with Gasteiger partial charge in [-0.25, -0.2) is 0 Å². The number of nitrogens with zero attached hydrogens (tertiary/aromatic N) is 1. The monoisotopic (exact) mass is 326 g/mol. The first-order chi connectivity index (χ1) is 10.7. The average Bonchev–Trinajstić information content (AvgIpc) is 2.42. The second kappa shape index (κ2) is 7.87. The number of ether oxygens (including phenoxy) is 1. The Morgan fingerprint density at radius 2 is 1.65 bits per heavy atom. The minimum atomic E-state index is -1.20. The quantitative estimate of drug-likeness (QED) is 0.510. The van der Waals surface area contributed by atoms with Crippen LogP contribution >= 0.6 is 0 Å². The van der Waals surface area contributed by atoms with E-state index in [1.165, 1.54) is 7.11 Å². The Morgan fingerprint density at radius 3 is 2.09 bits per heavy atom. The fourth-order valence-corrected chi connectivity index (χ4v) is 2.06. The maximum absolute atomic E-state index is 11.0. The van der Waals surface area contributed by atoms with E-state index < -0.39 is 31.0 Å². The van der Waals surface area contributed by atoms with E-state index in [4.69, 9.17) is 20.1 Å². The van der Waals surface area contributed by atoms with Crippen molar-refractivity contribution in [1.82, 2.24) is 0 Å². The zero-order valence-corrected chi connectivity index (χ0v) is 12.7. The summed E-state index contributed by atoms with van der Waals surface area (Å²) in [5.41, 5.74) is 1.28. The lowest BCUT2D eigenvalue weighted by Crippen LogP contribution is -2.35. The van der Waals surface area contributed by atoms with E-state index in [2.05, 4.69) is 5.32 Å². The van der Waals surface area contributed by atoms with Crippen molar-refractivity contribution in [2.75, 3.05) is 37.0 Å². The van der Waals surface area contributed by atoms with E-state index in [1.54, 1.807) is 19.1 Å². The number of methoxy groups -OCH3 is 1. The summed E-state index contributed by atoms with van der Waals surface area (Å²) in [6.45, 7) is 0.278. The van der Waals surface area contributed by atoms with Gasteiger partial charge in [-0.2, -0.15) is 0 Å². The van der Waals surface area contributed by atoms with Gasteiger partial charge in [0.05, 0.1) is 18.5 Å². The number of carbonyl (C=O) groups is 3. The van der Waals surface area contributed by atoms with Gasteiger partial charge in [0.2, 0.25) is 0 Å². The molecule has 0 unspecified atom stereocenters. The molecular weight excluding hydrogens is 308 g/mol. The molecule has 0 aliphatic heterocycles. The lowest BCUT2D eigenvalue weighted by atomic mass is 10.1. The lowest BCUT2D eigenvalue weighted by molar-refractivity contribution is -0.137. The predicted octanol–water partition coefficient (Wildman–Crippen LogP) is 0.476. The highest BCUT2D eigenvalue weighted by Crippen LogP contribution is 2.37. The summed E-state index contributed by atoms with van der Waals surface area (Å²) >= 11 is 0. The van der Waals surface area contributed by atoms with Crippen molar-refractivity contribution >= 4 is 29.3 Å². The molecule has 1 rings (SSSR count). The van der Waals surface area contributed by atoms with Crippen LogP contribution in [0.25, 0.3) is 0 Å². The summed E-state index contributed by atoms with van der Waals surface area (Å²) in [6, 6.07) is 3.21. The van der Waals surface area contributed by atoms with E-state index in [-0.39, 0.29) is 18.0 Å². The average molecular weight is 326 g/mol. The summed E-state index contributed by atoms with van der Waals surface area (Å²) in [4.78, 5) is 33.8. The van der Waals surface area contributed by atoms with Crippen LogP contribution in [0.4, 0.5) is 11.4 Å². The molecule has 0 amide bonds. The Labute approximate surface area is 132 Å². The van der Waals surface area contributed by atoms with Crippen molar-refractivity contribution in [3.05, 3.63) is 17.7 Å². The number of nitrogens with one attached hydrogen (secondary N) is 1. The van der Waals surface area contributed by atoms with Crippen LogP contribution in [0.3, 0.4) is 0 Å². The van der Waals surface area contributed by atoms with Crippen molar-refractivity contribution in [2.45, 2.75) is 6.92 Å². The van der Waals surface area contributed by atoms with Crippen molar-refractivity contribution < 1.29 is 34.4 Å². The molecule has 0 atom stereocenters. The summed E-state index contributed by atoms with van der Waals surface area (Å²) in [6.07, 6.45) is 0. The predicted molar refractivity (Wildman–Crippen MR) is 81.3 cm³/mol. The van der Waals surface area contributed by atoms with E-state index in [1.807, 2.05) is 0 Å². The van der Waals surface area contributed by atoms with Gasteiger partial charge >= 0.3 is 17.9 Å². The molecule has 0 aliphatic rings. The minimum absolute atomic E-state index is 0.180. The highest BCUT2D eigenvalue weighted by molar-refractivity contribution is 5.84. The third-order valence-corrected chi connectivity index (χ3v) is 2.84. The largest absolute Gasteiger partial charge is 0.492 e. The zero-order valence-electron chi connectivity index (χ0n) is 12.7. The number of anilines is 2. The first kappa shape index (κ1) is 18.1. The fraction of sp³-hybridized carbons (Fsp3) is 0.357. The SMILES string of the molecule is COc1c(NCC(=O)O)cc(C)cc1N(CC(=O)O)CC(=O)O. The van der Waals surface area contributed by atoms with Gasteiger partial charge in [0.15, 0.2) is 5.75 Å². The summed E-state index contributed by atoms with van der Waals surface area (Å²) in [5, 5.41) is 29.4. The third kappa shape index (κ3) is 5.38. The number of aliphatic carboxylic acids is 3. The molecule has 0 aliphatic carbocycles. The molecule has 0 bridgehead atoms. The van der Waals surface area contributed by atoms with Crippen molar-refractivity contribution in [3.63, 3.8) is 0 Å². The normalized spacial score (nSPS) is 10.0. The van der Waals surface area contributed by atoms with Crippen LogP contribution < -0.4 is 15.0 Å². The summed E-state index contributed by atoms with van der Waals surface area (Å²) < 4.78 is 5.22. The van der Waals surface area contributed by atoms with Crippen LogP contribution in [0.5, 0.6) is 5.75 Å². The van der Waals surface area contributed by atoms with E-state index in [0.717, 1.165) is 4.90 Å². The van der Waals surface area contributed by atoms with Gasteiger partial charge in [0, 0.05) is 0 Å². The second-order valence-electron chi connectivity index (χ2n) is 4.76. The molecule has 1 aromatic rings. The second-order valence-corrected chi connectivity index (χ2v) is 4.76. The van der Waals surface area contributed by atoms with Crippen LogP contribution in [-0.2, 0) is 14.4 Å². The fourth-order valence-electron chi connectivity index (χ4n) is 2.06. The Bertz CT molecular complexity index is 599. The number of carboxylic acids is 3. The summed E-state index contributed by atoms with van der Waals surface area (Å²) in [5.74, 6) is -3.30. The number of benzene rings is 1. The smallest absolute Gasteiger partial charge is 0.323 e. The van der Waals surface area contributed by atoms with Gasteiger partial charge in [0.1, 0.15) is 19.6 Å². The number of aryl methyl sites for hydroxylation is 1. The number of carboxylic acid groups (broad SMARTS) is 3. The van der Waals surface area contributed by atoms with Crippen LogP contribution in [0.15, 0.2) is 12.1 Å². The number of hydrogen-bond donors (Lipinski definition) is 4. The zero-order chi connectivity index (χ0) is 17.6. The van der Waals surface area contributed by atoms with Gasteiger partial charge in [0.25, 0.3) is 0 Å². The van der Waals surface area contributed by atoms with Crippen molar-refractivity contribution in [1.29, 1.82) is 0 Å². The minimum Gasteiger partial charge on any atom is -0.492 e. The van der Waals surface area contributed by atoms with E-state index in [0.29, 0.717) is 11.3 Å². The molecule has 126 valence electrons. The molecule has 0 heterocycles. The Hall–Kier alpha value is -2.97. The van der Waals surface area contributed by atoms with Gasteiger partial charge in [-0.15, -0.1) is 0 Å². The van der Waals surface area contributed by atoms with Gasteiger partial charge in [-0.05, 0) is 24.6 Å². The van der Waals surface area contributed by atoms with Crippen LogP contribution in [0.2, 0.25) is 0 Å². The molecule has 9 nitrogen and oxygen atoms in total. The molecule has 0 saturated carbocycles. The van der Waals surface area contributed by atoms with Crippen molar-refractivity contribution in [2.24, 2.45) is 0 Å². The third-order valence-electron chi connectivity index (χ3n) is 2.84. The topological polar surface area (TPSA) is 136 Å². The molecular formula is C14H18N2O7. The molecule has 0 saturated heterocycles. The highest BCUT2D eigenvalue weighted by atomic mass is 16.5. The molecule has 0 spiro atoms. The van der Waals surface area contributed by atoms with E-state index in [9.17, 15) is 14.4 Å². The molecule has 9 heteroatoms. The maximum atomic E-state index is 11.0.